The Morgan fingerprint density at radius 3 is 1.57 bits per heavy atom. The minimum atomic E-state index is 0.556. The maximum absolute atomic E-state index is 6.67. The van der Waals surface area contributed by atoms with Gasteiger partial charge in [0.25, 0.3) is 0 Å². The monoisotopic (exact) mass is 768 g/mol. The zero-order valence-corrected chi connectivity index (χ0v) is 32.1. The summed E-state index contributed by atoms with van der Waals surface area (Å²) in [5, 5.41) is 5.18. The van der Waals surface area contributed by atoms with Crippen LogP contribution >= 0.6 is 0 Å². The average molecular weight is 769 g/mol. The van der Waals surface area contributed by atoms with Crippen LogP contribution in [0.25, 0.3) is 122 Å². The molecule has 12 aromatic rings. The van der Waals surface area contributed by atoms with Crippen LogP contribution in [-0.4, -0.2) is 19.9 Å². The Hall–Kier alpha value is -8.22. The molecule has 0 amide bonds. The van der Waals surface area contributed by atoms with Crippen molar-refractivity contribution in [1.29, 1.82) is 0 Å². The molecule has 4 heterocycles. The van der Waals surface area contributed by atoms with E-state index in [-0.39, 0.29) is 0 Å². The van der Waals surface area contributed by atoms with E-state index in [0.717, 1.165) is 93.9 Å². The van der Waals surface area contributed by atoms with Crippen LogP contribution < -0.4 is 0 Å². The molecule has 0 aliphatic heterocycles. The van der Waals surface area contributed by atoms with Gasteiger partial charge in [0.15, 0.2) is 23.1 Å². The van der Waals surface area contributed by atoms with E-state index in [9.17, 15) is 0 Å². The average Bonchev–Trinajstić information content (AvgIpc) is 3.90. The maximum Gasteiger partial charge on any atom is 0.164 e. The molecular weight excluding hydrogens is 737 g/mol. The minimum absolute atomic E-state index is 0.556. The number of furan rings is 2. The molecule has 4 aromatic heterocycles. The second kappa shape index (κ2) is 13.7. The fourth-order valence-corrected chi connectivity index (χ4v) is 8.39. The van der Waals surface area contributed by atoms with Gasteiger partial charge in [-0.3, -0.25) is 0 Å². The van der Waals surface area contributed by atoms with Crippen LogP contribution in [0, 0.1) is 0 Å². The second-order valence-corrected chi connectivity index (χ2v) is 15.0. The van der Waals surface area contributed by atoms with Gasteiger partial charge in [-0.25, -0.2) is 19.9 Å². The van der Waals surface area contributed by atoms with Gasteiger partial charge in [0.1, 0.15) is 22.4 Å². The summed E-state index contributed by atoms with van der Waals surface area (Å²) in [5.41, 5.74) is 12.9. The van der Waals surface area contributed by atoms with Crippen molar-refractivity contribution in [3.8, 4) is 67.7 Å². The first kappa shape index (κ1) is 33.9. The van der Waals surface area contributed by atoms with Gasteiger partial charge in [0.05, 0.1) is 5.52 Å². The summed E-state index contributed by atoms with van der Waals surface area (Å²) < 4.78 is 12.8. The topological polar surface area (TPSA) is 77.8 Å². The Morgan fingerprint density at radius 1 is 0.283 bits per heavy atom. The standard InChI is InChI=1S/C54H32N4O2/c1-3-13-33(14-4-1)35-17-11-18-36(29-35)37-25-27-42-45(32-37)55-50(51-49(42)43-22-8-10-24-47(43)60-51)38-19-12-20-39(30-38)53-56-52(34-15-5-2-6-16-34)57-54(58-53)40-26-28-48-44(31-40)41-21-7-9-23-46(41)59-48/h1-32H. The molecule has 60 heavy (non-hydrogen) atoms. The first-order valence-electron chi connectivity index (χ1n) is 20.0. The van der Waals surface area contributed by atoms with E-state index in [4.69, 9.17) is 28.8 Å². The zero-order valence-electron chi connectivity index (χ0n) is 32.1. The highest BCUT2D eigenvalue weighted by molar-refractivity contribution is 6.21. The molecule has 0 aliphatic carbocycles. The predicted molar refractivity (Wildman–Crippen MR) is 242 cm³/mol. The van der Waals surface area contributed by atoms with Crippen LogP contribution in [0.2, 0.25) is 0 Å². The minimum Gasteiger partial charge on any atom is -0.456 e. The number of benzene rings is 8. The summed E-state index contributed by atoms with van der Waals surface area (Å²) in [4.78, 5) is 20.6. The van der Waals surface area contributed by atoms with Crippen molar-refractivity contribution < 1.29 is 8.83 Å². The lowest BCUT2D eigenvalue weighted by molar-refractivity contribution is 0.668. The van der Waals surface area contributed by atoms with Gasteiger partial charge in [-0.15, -0.1) is 0 Å². The van der Waals surface area contributed by atoms with Crippen molar-refractivity contribution in [2.75, 3.05) is 0 Å². The Labute approximate surface area is 344 Å². The van der Waals surface area contributed by atoms with Crippen LogP contribution in [0.3, 0.4) is 0 Å². The molecule has 6 nitrogen and oxygen atoms in total. The lowest BCUT2D eigenvalue weighted by Crippen LogP contribution is -2.00. The molecule has 0 bridgehead atoms. The largest absolute Gasteiger partial charge is 0.456 e. The zero-order chi connectivity index (χ0) is 39.6. The van der Waals surface area contributed by atoms with Crippen LogP contribution in [0.1, 0.15) is 0 Å². The van der Waals surface area contributed by atoms with E-state index in [0.29, 0.717) is 17.5 Å². The maximum atomic E-state index is 6.67. The Balaban J connectivity index is 1.03. The van der Waals surface area contributed by atoms with Gasteiger partial charge in [-0.2, -0.15) is 0 Å². The van der Waals surface area contributed by atoms with E-state index < -0.39 is 0 Å². The molecule has 0 atom stereocenters. The summed E-state index contributed by atoms with van der Waals surface area (Å²) in [6.07, 6.45) is 0. The number of rotatable bonds is 6. The number of hydrogen-bond donors (Lipinski definition) is 0. The van der Waals surface area contributed by atoms with Crippen molar-refractivity contribution in [2.24, 2.45) is 0 Å². The number of aromatic nitrogens is 4. The lowest BCUT2D eigenvalue weighted by atomic mass is 9.96. The third-order valence-electron chi connectivity index (χ3n) is 11.3. The quantitative estimate of drug-likeness (QED) is 0.168. The van der Waals surface area contributed by atoms with E-state index in [1.54, 1.807) is 0 Å². The van der Waals surface area contributed by atoms with Crippen LogP contribution in [0.4, 0.5) is 0 Å². The molecule has 6 heteroatoms. The number of fused-ring (bicyclic) bond motifs is 8. The van der Waals surface area contributed by atoms with Crippen LogP contribution in [-0.2, 0) is 0 Å². The number of para-hydroxylation sites is 2. The van der Waals surface area contributed by atoms with Crippen LogP contribution in [0.15, 0.2) is 203 Å². The summed E-state index contributed by atoms with van der Waals surface area (Å²) in [7, 11) is 0. The van der Waals surface area contributed by atoms with Crippen LogP contribution in [0.5, 0.6) is 0 Å². The van der Waals surface area contributed by atoms with E-state index >= 15 is 0 Å². The lowest BCUT2D eigenvalue weighted by Gasteiger charge is -2.11. The Bertz CT molecular complexity index is 3610. The molecule has 0 saturated carbocycles. The Morgan fingerprint density at radius 2 is 0.800 bits per heavy atom. The fraction of sp³-hybridized carbons (Fsp3) is 0. The van der Waals surface area contributed by atoms with Gasteiger partial charge in [-0.05, 0) is 70.8 Å². The summed E-state index contributed by atoms with van der Waals surface area (Å²) in [5.74, 6) is 1.72. The van der Waals surface area contributed by atoms with E-state index in [1.165, 1.54) is 11.1 Å². The SMILES string of the molecule is c1ccc(-c2cccc(-c3ccc4c(c3)nc(-c3cccc(-c5nc(-c6ccccc6)nc(-c6ccc7oc8ccccc8c7c6)n5)c3)c3oc5ccccc5c34)c2)cc1. The van der Waals surface area contributed by atoms with Crippen molar-refractivity contribution >= 4 is 54.8 Å². The highest BCUT2D eigenvalue weighted by atomic mass is 16.3. The molecule has 12 rings (SSSR count). The Kier molecular flexibility index (Phi) is 7.74. The number of nitrogens with zero attached hydrogens (tertiary/aromatic N) is 4. The van der Waals surface area contributed by atoms with Gasteiger partial charge in [0.2, 0.25) is 0 Å². The smallest absolute Gasteiger partial charge is 0.164 e. The van der Waals surface area contributed by atoms with Crippen molar-refractivity contribution in [3.63, 3.8) is 0 Å². The van der Waals surface area contributed by atoms with E-state index in [1.807, 2.05) is 91.0 Å². The van der Waals surface area contributed by atoms with E-state index in [2.05, 4.69) is 103 Å². The second-order valence-electron chi connectivity index (χ2n) is 15.0. The molecule has 0 unspecified atom stereocenters. The predicted octanol–water partition coefficient (Wildman–Crippen LogP) is 14.2. The molecule has 0 aliphatic rings. The van der Waals surface area contributed by atoms with Crippen molar-refractivity contribution in [2.45, 2.75) is 0 Å². The third-order valence-corrected chi connectivity index (χ3v) is 11.3. The molecule has 0 spiro atoms. The first-order chi connectivity index (χ1) is 29.7. The first-order valence-corrected chi connectivity index (χ1v) is 20.0. The molecule has 280 valence electrons. The summed E-state index contributed by atoms with van der Waals surface area (Å²) in [6, 6.07) is 66.4. The highest BCUT2D eigenvalue weighted by Crippen LogP contribution is 2.41. The van der Waals surface area contributed by atoms with Crippen molar-refractivity contribution in [3.05, 3.63) is 194 Å². The number of hydrogen-bond acceptors (Lipinski definition) is 6. The molecule has 0 saturated heterocycles. The molecule has 8 aromatic carbocycles. The highest BCUT2D eigenvalue weighted by Gasteiger charge is 2.20. The summed E-state index contributed by atoms with van der Waals surface area (Å²) in [6.45, 7) is 0. The fourth-order valence-electron chi connectivity index (χ4n) is 8.39. The van der Waals surface area contributed by atoms with Gasteiger partial charge >= 0.3 is 0 Å². The van der Waals surface area contributed by atoms with Gasteiger partial charge < -0.3 is 8.83 Å². The van der Waals surface area contributed by atoms with Gasteiger partial charge in [-0.1, -0.05) is 146 Å². The molecular formula is C54H32N4O2. The molecule has 0 N–H and O–H groups in total. The van der Waals surface area contributed by atoms with Gasteiger partial charge in [0, 0.05) is 49.2 Å². The summed E-state index contributed by atoms with van der Waals surface area (Å²) >= 11 is 0. The number of pyridine rings is 1. The van der Waals surface area contributed by atoms with Crippen molar-refractivity contribution in [1.82, 2.24) is 19.9 Å². The molecule has 0 radical (unpaired) electrons. The third kappa shape index (κ3) is 5.73. The normalized spacial score (nSPS) is 11.7. The molecule has 0 fully saturated rings.